The molecule has 6 aliphatic carbocycles. The van der Waals surface area contributed by atoms with E-state index >= 15 is 0 Å². The molecule has 0 radical (unpaired) electrons. The van der Waals surface area contributed by atoms with Crippen LogP contribution in [0, 0.1) is 29.1 Å². The Bertz CT molecular complexity index is 2540. The predicted molar refractivity (Wildman–Crippen MR) is 228 cm³/mol. The highest BCUT2D eigenvalue weighted by atomic mass is 15.1. The summed E-state index contributed by atoms with van der Waals surface area (Å²) in [6, 6.07) is 53.8. The highest BCUT2D eigenvalue weighted by Gasteiger charge is 2.84. The van der Waals surface area contributed by atoms with Gasteiger partial charge in [0, 0.05) is 22.5 Å². The van der Waals surface area contributed by atoms with Crippen molar-refractivity contribution in [3.05, 3.63) is 162 Å². The largest absolute Gasteiger partial charge is 0.310 e. The van der Waals surface area contributed by atoms with E-state index in [0.717, 1.165) is 23.7 Å². The van der Waals surface area contributed by atoms with E-state index < -0.39 is 0 Å². The Kier molecular flexibility index (Phi) is 6.42. The molecule has 6 unspecified atom stereocenters. The predicted octanol–water partition coefficient (Wildman–Crippen LogP) is 14.2. The van der Waals surface area contributed by atoms with Gasteiger partial charge in [0.25, 0.3) is 0 Å². The maximum absolute atomic E-state index is 2.64. The summed E-state index contributed by atoms with van der Waals surface area (Å²) in [4.78, 5) is 2.54. The Labute approximate surface area is 327 Å². The zero-order chi connectivity index (χ0) is 36.9. The Morgan fingerprint density at radius 2 is 1.09 bits per heavy atom. The van der Waals surface area contributed by atoms with Gasteiger partial charge in [-0.25, -0.2) is 0 Å². The second-order valence-corrected chi connectivity index (χ2v) is 19.7. The van der Waals surface area contributed by atoms with Crippen LogP contribution >= 0.6 is 0 Å². The van der Waals surface area contributed by atoms with E-state index in [4.69, 9.17) is 0 Å². The number of nitrogens with zero attached hydrogens (tertiary/aromatic N) is 1. The van der Waals surface area contributed by atoms with Crippen LogP contribution in [0.4, 0.5) is 17.1 Å². The molecule has 6 aromatic rings. The standard InChI is InChI=1S/C54H51N/c1-51(2)25-26-52(3,4)48-30-38(19-24-46(48)51)37-13-10-14-41(29-37)55(40-20-17-36(18-21-40)35-11-6-5-7-12-35)42-22-23-44-43-15-8-9-16-45(43)54(47(44)32-42)49-28-34-27-39-31-50(54)53(39,49)33-34/h5-24,29-30,32,34,39,49-50H,25-28,31,33H2,1-4H3. The summed E-state index contributed by atoms with van der Waals surface area (Å²) in [5.41, 5.74) is 19.2. The van der Waals surface area contributed by atoms with Gasteiger partial charge >= 0.3 is 0 Å². The molecule has 6 aromatic carbocycles. The Morgan fingerprint density at radius 1 is 0.455 bits per heavy atom. The first-order valence-electron chi connectivity index (χ1n) is 21.1. The summed E-state index contributed by atoms with van der Waals surface area (Å²) in [5.74, 6) is 3.51. The molecule has 2 bridgehead atoms. The maximum atomic E-state index is 2.64. The molecule has 0 aliphatic heterocycles. The van der Waals surface area contributed by atoms with Crippen LogP contribution < -0.4 is 4.90 Å². The lowest BCUT2D eigenvalue weighted by molar-refractivity contribution is -0.231. The molecular formula is C54H51N. The van der Waals surface area contributed by atoms with Crippen LogP contribution in [0.1, 0.15) is 88.5 Å². The third kappa shape index (κ3) is 4.15. The molecule has 2 spiro atoms. The van der Waals surface area contributed by atoms with Crippen LogP contribution in [0.5, 0.6) is 0 Å². The van der Waals surface area contributed by atoms with Crippen molar-refractivity contribution in [1.29, 1.82) is 0 Å². The van der Waals surface area contributed by atoms with Gasteiger partial charge in [-0.3, -0.25) is 0 Å². The lowest BCUT2D eigenvalue weighted by Crippen LogP contribution is -2.73. The van der Waals surface area contributed by atoms with E-state index in [9.17, 15) is 0 Å². The summed E-state index contributed by atoms with van der Waals surface area (Å²) >= 11 is 0. The van der Waals surface area contributed by atoms with Crippen molar-refractivity contribution in [3.63, 3.8) is 0 Å². The molecule has 0 heterocycles. The number of anilines is 3. The first-order valence-corrected chi connectivity index (χ1v) is 21.1. The average Bonchev–Trinajstić information content (AvgIpc) is 3.84. The molecule has 0 amide bonds. The van der Waals surface area contributed by atoms with Crippen molar-refractivity contribution in [3.8, 4) is 33.4 Å². The van der Waals surface area contributed by atoms with Gasteiger partial charge in [0.15, 0.2) is 0 Å². The van der Waals surface area contributed by atoms with Gasteiger partial charge in [0.1, 0.15) is 0 Å². The van der Waals surface area contributed by atoms with Crippen molar-refractivity contribution in [2.45, 2.75) is 82.5 Å². The van der Waals surface area contributed by atoms with Crippen LogP contribution in [0.25, 0.3) is 33.4 Å². The van der Waals surface area contributed by atoms with Crippen LogP contribution in [-0.4, -0.2) is 0 Å². The Morgan fingerprint density at radius 3 is 1.91 bits per heavy atom. The summed E-state index contributed by atoms with van der Waals surface area (Å²) in [7, 11) is 0. The molecule has 0 saturated heterocycles. The fourth-order valence-corrected chi connectivity index (χ4v) is 13.9. The average molecular weight is 714 g/mol. The van der Waals surface area contributed by atoms with E-state index in [1.807, 2.05) is 0 Å². The SMILES string of the molecule is CC1(C)CCC(C)(C)c2cc(-c3cccc(N(c4ccc(-c5ccccc5)cc4)c4ccc5c(c4)C4(c6ccccc6-5)C5CC6CC7CC4C75C6)c3)ccc21. The van der Waals surface area contributed by atoms with Crippen LogP contribution in [0.3, 0.4) is 0 Å². The molecule has 0 N–H and O–H groups in total. The lowest BCUT2D eigenvalue weighted by Gasteiger charge is -2.76. The van der Waals surface area contributed by atoms with E-state index in [2.05, 4.69) is 172 Å². The third-order valence-electron chi connectivity index (χ3n) is 16.4. The quantitative estimate of drug-likeness (QED) is 0.172. The number of fused-ring (bicyclic) bond motifs is 9. The highest BCUT2D eigenvalue weighted by molar-refractivity contribution is 5.88. The summed E-state index contributed by atoms with van der Waals surface area (Å²) < 4.78 is 0. The molecule has 6 aliphatic rings. The summed E-state index contributed by atoms with van der Waals surface area (Å²) in [6.45, 7) is 9.72. The van der Waals surface area contributed by atoms with Crippen molar-refractivity contribution >= 4 is 17.1 Å². The summed E-state index contributed by atoms with van der Waals surface area (Å²) in [5, 5.41) is 0. The smallest absolute Gasteiger partial charge is 0.0467 e. The van der Waals surface area contributed by atoms with E-state index in [0.29, 0.717) is 5.41 Å². The molecule has 55 heavy (non-hydrogen) atoms. The number of rotatable bonds is 5. The first kappa shape index (κ1) is 32.4. The van der Waals surface area contributed by atoms with Crippen molar-refractivity contribution in [2.24, 2.45) is 29.1 Å². The van der Waals surface area contributed by atoms with Gasteiger partial charge in [-0.05, 0) is 170 Å². The zero-order valence-corrected chi connectivity index (χ0v) is 32.8. The summed E-state index contributed by atoms with van der Waals surface area (Å²) in [6.07, 6.45) is 8.29. The molecule has 6 atom stereocenters. The van der Waals surface area contributed by atoms with Gasteiger partial charge in [-0.1, -0.05) is 131 Å². The minimum atomic E-state index is 0.169. The van der Waals surface area contributed by atoms with Crippen molar-refractivity contribution in [2.75, 3.05) is 4.90 Å². The molecule has 1 nitrogen and oxygen atoms in total. The molecule has 0 aromatic heterocycles. The normalized spacial score (nSPS) is 29.1. The van der Waals surface area contributed by atoms with Crippen LogP contribution in [0.15, 0.2) is 140 Å². The molecular weight excluding hydrogens is 663 g/mol. The fraction of sp³-hybridized carbons (Fsp3) is 0.333. The molecule has 1 heteroatoms. The molecule has 272 valence electrons. The molecule has 4 saturated carbocycles. The molecule has 4 fully saturated rings. The third-order valence-corrected chi connectivity index (χ3v) is 16.4. The Balaban J connectivity index is 1.01. The van der Waals surface area contributed by atoms with E-state index in [1.165, 1.54) is 100 Å². The number of hydrogen-bond donors (Lipinski definition) is 0. The monoisotopic (exact) mass is 713 g/mol. The minimum absolute atomic E-state index is 0.169. The van der Waals surface area contributed by atoms with Gasteiger partial charge in [-0.15, -0.1) is 0 Å². The van der Waals surface area contributed by atoms with Crippen molar-refractivity contribution < 1.29 is 0 Å². The number of hydrogen-bond acceptors (Lipinski definition) is 1. The zero-order valence-electron chi connectivity index (χ0n) is 32.8. The molecule has 12 rings (SSSR count). The lowest BCUT2D eigenvalue weighted by atomic mass is 9.27. The van der Waals surface area contributed by atoms with E-state index in [1.54, 1.807) is 11.1 Å². The first-order chi connectivity index (χ1) is 26.7. The second kappa shape index (κ2) is 10.9. The highest BCUT2D eigenvalue weighted by Crippen LogP contribution is 2.89. The van der Waals surface area contributed by atoms with Gasteiger partial charge < -0.3 is 4.90 Å². The van der Waals surface area contributed by atoms with E-state index in [-0.39, 0.29) is 16.2 Å². The maximum Gasteiger partial charge on any atom is 0.0467 e. The fourth-order valence-electron chi connectivity index (χ4n) is 13.9. The van der Waals surface area contributed by atoms with Gasteiger partial charge in [0.05, 0.1) is 0 Å². The van der Waals surface area contributed by atoms with Gasteiger partial charge in [0.2, 0.25) is 0 Å². The minimum Gasteiger partial charge on any atom is -0.310 e. The topological polar surface area (TPSA) is 3.24 Å². The van der Waals surface area contributed by atoms with Gasteiger partial charge in [-0.2, -0.15) is 0 Å². The van der Waals surface area contributed by atoms with Crippen molar-refractivity contribution in [1.82, 2.24) is 0 Å². The van der Waals surface area contributed by atoms with Crippen LogP contribution in [-0.2, 0) is 16.2 Å². The Hall–Kier alpha value is -4.88. The van der Waals surface area contributed by atoms with Crippen LogP contribution in [0.2, 0.25) is 0 Å². The number of benzene rings is 6. The second-order valence-electron chi connectivity index (χ2n) is 19.7.